The topological polar surface area (TPSA) is 61.0 Å². The van der Waals surface area contributed by atoms with Gasteiger partial charge in [0.25, 0.3) is 5.56 Å². The number of anilines is 2. The van der Waals surface area contributed by atoms with Gasteiger partial charge in [0.2, 0.25) is 5.95 Å². The Morgan fingerprint density at radius 1 is 1.12 bits per heavy atom. The zero-order valence-electron chi connectivity index (χ0n) is 14.8. The minimum absolute atomic E-state index is 0.0534. The predicted octanol–water partition coefficient (Wildman–Crippen LogP) is 3.38. The van der Waals surface area contributed by atoms with Crippen molar-refractivity contribution in [2.75, 3.05) is 11.9 Å². The summed E-state index contributed by atoms with van der Waals surface area (Å²) in [6.07, 6.45) is 0.786. The number of rotatable bonds is 4. The molecule has 132 valence electrons. The molecule has 26 heavy (non-hydrogen) atoms. The van der Waals surface area contributed by atoms with Gasteiger partial charge in [0.1, 0.15) is 0 Å². The first-order valence-corrected chi connectivity index (χ1v) is 8.89. The van der Waals surface area contributed by atoms with Crippen LogP contribution in [0.15, 0.2) is 59.4 Å². The zero-order valence-corrected chi connectivity index (χ0v) is 14.8. The Bertz CT molecular complexity index is 948. The Kier molecular flexibility index (Phi) is 4.54. The normalized spacial score (nSPS) is 14.0. The second-order valence-electron chi connectivity index (χ2n) is 6.78. The molecule has 0 bridgehead atoms. The van der Waals surface area contributed by atoms with Crippen LogP contribution in [0.5, 0.6) is 0 Å². The standard InChI is InChI=1S/C21H22N4O/c1-15-7-9-17(10-8-15)22-21-23-19-11-12-25(14-18(19)20(26)24-21)13-16-5-3-2-4-6-16/h2-10H,11-14H2,1H3,(H2,22,23,24,26). The summed E-state index contributed by atoms with van der Waals surface area (Å²) in [6, 6.07) is 18.4. The fourth-order valence-corrected chi connectivity index (χ4v) is 3.29. The van der Waals surface area contributed by atoms with E-state index in [1.165, 1.54) is 11.1 Å². The first-order valence-electron chi connectivity index (χ1n) is 8.89. The maximum atomic E-state index is 12.6. The van der Waals surface area contributed by atoms with E-state index >= 15 is 0 Å². The van der Waals surface area contributed by atoms with Gasteiger partial charge in [-0.3, -0.25) is 14.7 Å². The molecule has 1 aromatic heterocycles. The van der Waals surface area contributed by atoms with Crippen LogP contribution in [0.25, 0.3) is 0 Å². The van der Waals surface area contributed by atoms with Crippen molar-refractivity contribution in [1.29, 1.82) is 0 Å². The molecule has 1 aliphatic heterocycles. The lowest BCUT2D eigenvalue weighted by Crippen LogP contribution is -2.35. The average molecular weight is 346 g/mol. The fourth-order valence-electron chi connectivity index (χ4n) is 3.29. The van der Waals surface area contributed by atoms with E-state index in [-0.39, 0.29) is 5.56 Å². The monoisotopic (exact) mass is 346 g/mol. The van der Waals surface area contributed by atoms with Crippen LogP contribution in [0.4, 0.5) is 11.6 Å². The molecule has 0 spiro atoms. The van der Waals surface area contributed by atoms with Crippen LogP contribution < -0.4 is 10.9 Å². The van der Waals surface area contributed by atoms with Gasteiger partial charge in [-0.05, 0) is 24.6 Å². The highest BCUT2D eigenvalue weighted by Crippen LogP contribution is 2.19. The van der Waals surface area contributed by atoms with E-state index in [4.69, 9.17) is 0 Å². The molecule has 0 fully saturated rings. The number of hydrogen-bond donors (Lipinski definition) is 2. The lowest BCUT2D eigenvalue weighted by molar-refractivity contribution is 0.242. The highest BCUT2D eigenvalue weighted by Gasteiger charge is 2.21. The number of aromatic amines is 1. The van der Waals surface area contributed by atoms with E-state index in [0.29, 0.717) is 12.5 Å². The minimum Gasteiger partial charge on any atom is -0.326 e. The molecular weight excluding hydrogens is 324 g/mol. The third kappa shape index (κ3) is 3.68. The molecule has 0 unspecified atom stereocenters. The van der Waals surface area contributed by atoms with Crippen LogP contribution in [-0.4, -0.2) is 21.4 Å². The Labute approximate surface area is 152 Å². The number of aryl methyl sites for hydroxylation is 1. The Morgan fingerprint density at radius 3 is 2.65 bits per heavy atom. The average Bonchev–Trinajstić information content (AvgIpc) is 2.65. The van der Waals surface area contributed by atoms with Gasteiger partial charge in [0.05, 0.1) is 11.3 Å². The number of nitrogens with zero attached hydrogens (tertiary/aromatic N) is 2. The van der Waals surface area contributed by atoms with Crippen molar-refractivity contribution in [3.05, 3.63) is 87.3 Å². The molecule has 1 aliphatic rings. The molecule has 0 aliphatic carbocycles. The number of aromatic nitrogens is 2. The van der Waals surface area contributed by atoms with Crippen molar-refractivity contribution in [1.82, 2.24) is 14.9 Å². The highest BCUT2D eigenvalue weighted by atomic mass is 16.1. The maximum Gasteiger partial charge on any atom is 0.257 e. The van der Waals surface area contributed by atoms with E-state index in [0.717, 1.165) is 36.5 Å². The van der Waals surface area contributed by atoms with Gasteiger partial charge in [-0.15, -0.1) is 0 Å². The second kappa shape index (κ2) is 7.14. The second-order valence-corrected chi connectivity index (χ2v) is 6.78. The molecule has 0 amide bonds. The summed E-state index contributed by atoms with van der Waals surface area (Å²) in [5, 5.41) is 3.19. The van der Waals surface area contributed by atoms with Crippen molar-refractivity contribution < 1.29 is 0 Å². The summed E-state index contributed by atoms with van der Waals surface area (Å²) >= 11 is 0. The smallest absolute Gasteiger partial charge is 0.257 e. The van der Waals surface area contributed by atoms with E-state index in [2.05, 4.69) is 32.3 Å². The molecular formula is C21H22N4O. The number of H-pyrrole nitrogens is 1. The summed E-state index contributed by atoms with van der Waals surface area (Å²) in [5.41, 5.74) is 5.00. The van der Waals surface area contributed by atoms with Gasteiger partial charge in [0, 0.05) is 31.7 Å². The molecule has 2 heterocycles. The van der Waals surface area contributed by atoms with Crippen LogP contribution in [0.2, 0.25) is 0 Å². The van der Waals surface area contributed by atoms with E-state index in [1.807, 2.05) is 49.4 Å². The van der Waals surface area contributed by atoms with Crippen LogP contribution in [0.1, 0.15) is 22.4 Å². The van der Waals surface area contributed by atoms with Crippen molar-refractivity contribution in [3.8, 4) is 0 Å². The van der Waals surface area contributed by atoms with E-state index < -0.39 is 0 Å². The Balaban J connectivity index is 1.51. The summed E-state index contributed by atoms with van der Waals surface area (Å²) in [4.78, 5) is 22.4. The summed E-state index contributed by atoms with van der Waals surface area (Å²) in [6.45, 7) is 4.44. The molecule has 5 nitrogen and oxygen atoms in total. The van der Waals surface area contributed by atoms with Gasteiger partial charge in [0.15, 0.2) is 0 Å². The summed E-state index contributed by atoms with van der Waals surface area (Å²) < 4.78 is 0. The van der Waals surface area contributed by atoms with Crippen molar-refractivity contribution in [3.63, 3.8) is 0 Å². The number of fused-ring (bicyclic) bond motifs is 1. The Hall–Kier alpha value is -2.92. The zero-order chi connectivity index (χ0) is 17.9. The minimum atomic E-state index is -0.0534. The molecule has 3 aromatic rings. The first kappa shape index (κ1) is 16.5. The van der Waals surface area contributed by atoms with Gasteiger partial charge < -0.3 is 5.32 Å². The first-order chi connectivity index (χ1) is 12.7. The third-order valence-electron chi connectivity index (χ3n) is 4.71. The molecule has 0 saturated heterocycles. The molecule has 2 aromatic carbocycles. The van der Waals surface area contributed by atoms with Crippen molar-refractivity contribution >= 4 is 11.6 Å². The quantitative estimate of drug-likeness (QED) is 0.760. The van der Waals surface area contributed by atoms with Gasteiger partial charge >= 0.3 is 0 Å². The Morgan fingerprint density at radius 2 is 1.88 bits per heavy atom. The maximum absolute atomic E-state index is 12.6. The summed E-state index contributed by atoms with van der Waals surface area (Å²) in [7, 11) is 0. The van der Waals surface area contributed by atoms with Gasteiger partial charge in [-0.25, -0.2) is 4.98 Å². The predicted molar refractivity (Wildman–Crippen MR) is 104 cm³/mol. The van der Waals surface area contributed by atoms with E-state index in [1.54, 1.807) is 0 Å². The summed E-state index contributed by atoms with van der Waals surface area (Å²) in [5.74, 6) is 0.508. The number of benzene rings is 2. The third-order valence-corrected chi connectivity index (χ3v) is 4.71. The lowest BCUT2D eigenvalue weighted by Gasteiger charge is -2.27. The molecule has 0 atom stereocenters. The van der Waals surface area contributed by atoms with Gasteiger partial charge in [-0.2, -0.15) is 0 Å². The van der Waals surface area contributed by atoms with Crippen molar-refractivity contribution in [2.24, 2.45) is 0 Å². The molecule has 5 heteroatoms. The molecule has 0 radical (unpaired) electrons. The fraction of sp³-hybridized carbons (Fsp3) is 0.238. The molecule has 4 rings (SSSR count). The highest BCUT2D eigenvalue weighted by molar-refractivity contribution is 5.53. The molecule has 2 N–H and O–H groups in total. The van der Waals surface area contributed by atoms with E-state index in [9.17, 15) is 4.79 Å². The van der Waals surface area contributed by atoms with Crippen molar-refractivity contribution in [2.45, 2.75) is 26.4 Å². The number of nitrogens with one attached hydrogen (secondary N) is 2. The lowest BCUT2D eigenvalue weighted by atomic mass is 10.1. The van der Waals surface area contributed by atoms with Gasteiger partial charge in [-0.1, -0.05) is 48.0 Å². The number of hydrogen-bond acceptors (Lipinski definition) is 4. The van der Waals surface area contributed by atoms with Crippen LogP contribution >= 0.6 is 0 Å². The van der Waals surface area contributed by atoms with Crippen LogP contribution in [0, 0.1) is 6.92 Å². The SMILES string of the molecule is Cc1ccc(Nc2nc3c(c(=O)[nH]2)CN(Cc2ccccc2)CC3)cc1. The van der Waals surface area contributed by atoms with Crippen LogP contribution in [-0.2, 0) is 19.5 Å². The molecule has 0 saturated carbocycles. The largest absolute Gasteiger partial charge is 0.326 e. The van der Waals surface area contributed by atoms with Crippen LogP contribution in [0.3, 0.4) is 0 Å².